The Bertz CT molecular complexity index is 815. The van der Waals surface area contributed by atoms with Gasteiger partial charge in [-0.1, -0.05) is 13.8 Å². The Morgan fingerprint density at radius 3 is 2.91 bits per heavy atom. The van der Waals surface area contributed by atoms with Crippen LogP contribution in [0.25, 0.3) is 5.65 Å². The molecule has 0 aliphatic heterocycles. The van der Waals surface area contributed by atoms with Gasteiger partial charge in [0.15, 0.2) is 0 Å². The maximum atomic E-state index is 12.4. The smallest absolute Gasteiger partial charge is 0.258 e. The van der Waals surface area contributed by atoms with Crippen molar-refractivity contribution in [3.05, 3.63) is 48.2 Å². The molecule has 0 unspecified atom stereocenters. The number of aryl methyl sites for hydroxylation is 1. The average molecular weight is 297 g/mol. The number of aromatic nitrogens is 4. The van der Waals surface area contributed by atoms with Gasteiger partial charge in [0, 0.05) is 42.6 Å². The van der Waals surface area contributed by atoms with Crippen LogP contribution in [0.4, 0.5) is 5.95 Å². The molecule has 0 atom stereocenters. The number of anilines is 1. The number of hydrogen-bond donors (Lipinski definition) is 1. The minimum Gasteiger partial charge on any atom is -0.317 e. The molecule has 0 saturated heterocycles. The van der Waals surface area contributed by atoms with E-state index in [4.69, 9.17) is 0 Å². The predicted molar refractivity (Wildman–Crippen MR) is 84.9 cm³/mol. The van der Waals surface area contributed by atoms with Gasteiger partial charge >= 0.3 is 0 Å². The highest BCUT2D eigenvalue weighted by Gasteiger charge is 2.12. The number of hydrogen-bond acceptors (Lipinski definition) is 3. The molecule has 0 spiro atoms. The molecule has 6 nitrogen and oxygen atoms in total. The van der Waals surface area contributed by atoms with Crippen molar-refractivity contribution in [3.63, 3.8) is 0 Å². The van der Waals surface area contributed by atoms with Crippen molar-refractivity contribution >= 4 is 17.5 Å². The third-order valence-corrected chi connectivity index (χ3v) is 3.46. The van der Waals surface area contributed by atoms with Crippen LogP contribution in [0.15, 0.2) is 36.9 Å². The minimum absolute atomic E-state index is 0.181. The van der Waals surface area contributed by atoms with Gasteiger partial charge in [0.25, 0.3) is 5.91 Å². The summed E-state index contributed by atoms with van der Waals surface area (Å²) < 4.78 is 3.89. The molecule has 1 amide bonds. The second-order valence-electron chi connectivity index (χ2n) is 5.79. The lowest BCUT2D eigenvalue weighted by Crippen LogP contribution is -2.17. The maximum absolute atomic E-state index is 12.4. The molecule has 3 rings (SSSR count). The zero-order valence-corrected chi connectivity index (χ0v) is 12.9. The third-order valence-electron chi connectivity index (χ3n) is 3.46. The fraction of sp³-hybridized carbons (Fsp3) is 0.312. The van der Waals surface area contributed by atoms with Gasteiger partial charge in [-0.15, -0.1) is 0 Å². The normalized spacial score (nSPS) is 11.3. The fourth-order valence-corrected chi connectivity index (χ4v) is 2.40. The highest BCUT2D eigenvalue weighted by molar-refractivity contribution is 6.03. The van der Waals surface area contributed by atoms with Crippen LogP contribution in [0.5, 0.6) is 0 Å². The van der Waals surface area contributed by atoms with Crippen LogP contribution in [-0.2, 0) is 6.54 Å². The molecule has 3 heterocycles. The molecule has 1 N–H and O–H groups in total. The van der Waals surface area contributed by atoms with E-state index in [9.17, 15) is 4.79 Å². The van der Waals surface area contributed by atoms with Crippen LogP contribution in [0, 0.1) is 12.8 Å². The number of fused-ring (bicyclic) bond motifs is 1. The van der Waals surface area contributed by atoms with Gasteiger partial charge < -0.3 is 8.97 Å². The molecule has 0 aromatic carbocycles. The fourth-order valence-electron chi connectivity index (χ4n) is 2.40. The maximum Gasteiger partial charge on any atom is 0.258 e. The lowest BCUT2D eigenvalue weighted by atomic mass is 10.2. The van der Waals surface area contributed by atoms with Crippen LogP contribution >= 0.6 is 0 Å². The largest absolute Gasteiger partial charge is 0.317 e. The molecule has 0 bridgehead atoms. The van der Waals surface area contributed by atoms with Crippen molar-refractivity contribution in [1.82, 2.24) is 18.9 Å². The van der Waals surface area contributed by atoms with Gasteiger partial charge in [0.2, 0.25) is 5.95 Å². The molecule has 3 aromatic heterocycles. The summed E-state index contributed by atoms with van der Waals surface area (Å²) in [7, 11) is 0. The third kappa shape index (κ3) is 2.72. The predicted octanol–water partition coefficient (Wildman–Crippen LogP) is 2.75. The minimum atomic E-state index is -0.181. The van der Waals surface area contributed by atoms with E-state index < -0.39 is 0 Å². The van der Waals surface area contributed by atoms with Gasteiger partial charge in [0.1, 0.15) is 5.65 Å². The van der Waals surface area contributed by atoms with E-state index >= 15 is 0 Å². The van der Waals surface area contributed by atoms with Gasteiger partial charge in [0.05, 0.1) is 0 Å². The van der Waals surface area contributed by atoms with E-state index in [0.29, 0.717) is 17.4 Å². The molecule has 114 valence electrons. The lowest BCUT2D eigenvalue weighted by molar-refractivity contribution is 0.102. The summed E-state index contributed by atoms with van der Waals surface area (Å²) in [4.78, 5) is 20.9. The number of imidazole rings is 2. The van der Waals surface area contributed by atoms with E-state index in [2.05, 4.69) is 29.1 Å². The number of carbonyl (C=O) groups excluding carboxylic acids is 1. The van der Waals surface area contributed by atoms with Crippen molar-refractivity contribution in [2.75, 3.05) is 5.32 Å². The summed E-state index contributed by atoms with van der Waals surface area (Å²) >= 11 is 0. The molecule has 0 radical (unpaired) electrons. The highest BCUT2D eigenvalue weighted by Crippen LogP contribution is 2.12. The Morgan fingerprint density at radius 1 is 1.32 bits per heavy atom. The number of rotatable bonds is 4. The summed E-state index contributed by atoms with van der Waals surface area (Å²) in [6.45, 7) is 7.04. The zero-order chi connectivity index (χ0) is 15.7. The summed E-state index contributed by atoms with van der Waals surface area (Å²) in [6, 6.07) is 3.56. The first-order valence-corrected chi connectivity index (χ1v) is 7.31. The van der Waals surface area contributed by atoms with E-state index in [1.165, 1.54) is 0 Å². The Kier molecular flexibility index (Phi) is 3.66. The standard InChI is InChI=1S/C16H19N5O/c1-11(2)10-20-7-5-17-16(20)19-15(22)13-4-6-21-12(3)9-18-14(21)8-13/h4-9,11H,10H2,1-3H3,(H,17,19,22). The Balaban J connectivity index is 1.82. The molecular formula is C16H19N5O. The SMILES string of the molecule is Cc1cnc2cc(C(=O)Nc3nccn3CC(C)C)ccn12. The topological polar surface area (TPSA) is 64.2 Å². The zero-order valence-electron chi connectivity index (χ0n) is 12.9. The first-order valence-electron chi connectivity index (χ1n) is 7.31. The number of nitrogens with zero attached hydrogens (tertiary/aromatic N) is 4. The first kappa shape index (κ1) is 14.3. The molecule has 0 fully saturated rings. The van der Waals surface area contributed by atoms with Crippen molar-refractivity contribution in [2.24, 2.45) is 5.92 Å². The lowest BCUT2D eigenvalue weighted by Gasteiger charge is -2.11. The van der Waals surface area contributed by atoms with Gasteiger partial charge in [-0.2, -0.15) is 0 Å². The van der Waals surface area contributed by atoms with E-state index in [1.807, 2.05) is 28.3 Å². The Hall–Kier alpha value is -2.63. The van der Waals surface area contributed by atoms with Gasteiger partial charge in [-0.25, -0.2) is 9.97 Å². The molecule has 0 aliphatic rings. The van der Waals surface area contributed by atoms with Crippen LogP contribution in [0.3, 0.4) is 0 Å². The van der Waals surface area contributed by atoms with Crippen molar-refractivity contribution in [1.29, 1.82) is 0 Å². The molecule has 0 aliphatic carbocycles. The quantitative estimate of drug-likeness (QED) is 0.805. The summed E-state index contributed by atoms with van der Waals surface area (Å²) in [5, 5.41) is 2.86. The van der Waals surface area contributed by atoms with Crippen LogP contribution in [0.1, 0.15) is 29.9 Å². The molecule has 6 heteroatoms. The first-order chi connectivity index (χ1) is 10.5. The summed E-state index contributed by atoms with van der Waals surface area (Å²) in [6.07, 6.45) is 7.20. The van der Waals surface area contributed by atoms with E-state index in [0.717, 1.165) is 17.9 Å². The van der Waals surface area contributed by atoms with E-state index in [1.54, 1.807) is 24.5 Å². The van der Waals surface area contributed by atoms with Crippen LogP contribution < -0.4 is 5.32 Å². The molecule has 3 aromatic rings. The number of amides is 1. The molecular weight excluding hydrogens is 278 g/mol. The Labute approximate surface area is 128 Å². The van der Waals surface area contributed by atoms with Crippen molar-refractivity contribution < 1.29 is 4.79 Å². The van der Waals surface area contributed by atoms with Crippen LogP contribution in [-0.4, -0.2) is 24.8 Å². The highest BCUT2D eigenvalue weighted by atomic mass is 16.1. The number of pyridine rings is 1. The number of nitrogens with one attached hydrogen (secondary N) is 1. The summed E-state index contributed by atoms with van der Waals surface area (Å²) in [5.74, 6) is 0.867. The van der Waals surface area contributed by atoms with Crippen molar-refractivity contribution in [2.45, 2.75) is 27.3 Å². The van der Waals surface area contributed by atoms with Crippen molar-refractivity contribution in [3.8, 4) is 0 Å². The van der Waals surface area contributed by atoms with Gasteiger partial charge in [-0.05, 0) is 25.0 Å². The second kappa shape index (κ2) is 5.63. The van der Waals surface area contributed by atoms with E-state index in [-0.39, 0.29) is 5.91 Å². The second-order valence-corrected chi connectivity index (χ2v) is 5.79. The van der Waals surface area contributed by atoms with Crippen LogP contribution in [0.2, 0.25) is 0 Å². The Morgan fingerprint density at radius 2 is 2.14 bits per heavy atom. The monoisotopic (exact) mass is 297 g/mol. The average Bonchev–Trinajstić information content (AvgIpc) is 3.06. The summed E-state index contributed by atoms with van der Waals surface area (Å²) in [5.41, 5.74) is 2.36. The molecule has 22 heavy (non-hydrogen) atoms. The van der Waals surface area contributed by atoms with Gasteiger partial charge in [-0.3, -0.25) is 10.1 Å². The molecule has 0 saturated carbocycles. The number of carbonyl (C=O) groups is 1.